The second-order valence-corrected chi connectivity index (χ2v) is 4.08. The summed E-state index contributed by atoms with van der Waals surface area (Å²) in [6.07, 6.45) is 1.69. The highest BCUT2D eigenvalue weighted by atomic mass is 35.7. The van der Waals surface area contributed by atoms with Crippen LogP contribution in [0.3, 0.4) is 0 Å². The van der Waals surface area contributed by atoms with Crippen LogP contribution in [0.2, 0.25) is 0 Å². The molecule has 0 bridgehead atoms. The molecule has 1 N–H and O–H groups in total. The van der Waals surface area contributed by atoms with Crippen molar-refractivity contribution in [1.29, 1.82) is 0 Å². The van der Waals surface area contributed by atoms with Crippen LogP contribution < -0.4 is 0 Å². The van der Waals surface area contributed by atoms with Gasteiger partial charge in [-0.3, -0.25) is 4.52 Å². The summed E-state index contributed by atoms with van der Waals surface area (Å²) in [5.41, 5.74) is 0. The minimum Gasteiger partial charge on any atom is -0.313 e. The van der Waals surface area contributed by atoms with E-state index >= 15 is 0 Å². The highest BCUT2D eigenvalue weighted by Crippen LogP contribution is 2.47. The van der Waals surface area contributed by atoms with E-state index in [9.17, 15) is 4.57 Å². The van der Waals surface area contributed by atoms with Gasteiger partial charge in [-0.05, 0) is 6.42 Å². The van der Waals surface area contributed by atoms with Crippen molar-refractivity contribution in [3.63, 3.8) is 0 Å². The maximum atomic E-state index is 10.2. The maximum Gasteiger partial charge on any atom is 0.421 e. The monoisotopic (exact) mass is 172 g/mol. The fourth-order valence-electron chi connectivity index (χ4n) is 0.321. The predicted molar refractivity (Wildman–Crippen MR) is 36.5 cm³/mol. The van der Waals surface area contributed by atoms with Gasteiger partial charge in [-0.25, -0.2) is 4.57 Å². The molecule has 0 aromatic carbocycles. The van der Waals surface area contributed by atoms with Crippen molar-refractivity contribution < 1.29 is 14.0 Å². The first kappa shape index (κ1) is 9.44. The Kier molecular flexibility index (Phi) is 4.50. The van der Waals surface area contributed by atoms with E-state index in [1.165, 1.54) is 0 Å². The lowest BCUT2D eigenvalue weighted by Crippen LogP contribution is -1.86. The second-order valence-electron chi connectivity index (χ2n) is 1.64. The summed E-state index contributed by atoms with van der Waals surface area (Å²) >= 11 is 4.86. The van der Waals surface area contributed by atoms with Crippen LogP contribution >= 0.6 is 18.2 Å². The summed E-state index contributed by atoms with van der Waals surface area (Å²) in [6.45, 7) is -1.51. The average molecular weight is 173 g/mol. The minimum absolute atomic E-state index is 0.258. The summed E-state index contributed by atoms with van der Waals surface area (Å²) in [7, 11) is 0. The lowest BCUT2D eigenvalue weighted by molar-refractivity contribution is 0.269. The molecule has 0 aliphatic rings. The van der Waals surface area contributed by atoms with Crippen molar-refractivity contribution in [2.75, 3.05) is 6.61 Å². The SMILES string of the molecule is CCCCOP(=O)(O)Cl. The Hall–Kier alpha value is 0.440. The fraction of sp³-hybridized carbons (Fsp3) is 1.00. The number of unbranched alkanes of at least 4 members (excludes halogenated alkanes) is 1. The van der Waals surface area contributed by atoms with Crippen molar-refractivity contribution in [1.82, 2.24) is 0 Å². The van der Waals surface area contributed by atoms with E-state index in [2.05, 4.69) is 4.52 Å². The standard InChI is InChI=1S/C4H10ClO3P/c1-2-3-4-8-9(5,6)7/h2-4H2,1H3,(H,6,7). The number of rotatable bonds is 4. The molecule has 0 rings (SSSR count). The molecule has 0 spiro atoms. The molecule has 0 radical (unpaired) electrons. The van der Waals surface area contributed by atoms with E-state index in [0.717, 1.165) is 12.8 Å². The molecule has 0 aliphatic carbocycles. The van der Waals surface area contributed by atoms with E-state index < -0.39 is 6.95 Å². The quantitative estimate of drug-likeness (QED) is 0.522. The molecule has 1 unspecified atom stereocenters. The molecule has 1 atom stereocenters. The van der Waals surface area contributed by atoms with Gasteiger partial charge in [0, 0.05) is 11.2 Å². The Labute approximate surface area is 59.3 Å². The lowest BCUT2D eigenvalue weighted by atomic mass is 10.4. The average Bonchev–Trinajstić information content (AvgIpc) is 1.63. The van der Waals surface area contributed by atoms with Crippen molar-refractivity contribution >= 4 is 18.2 Å². The van der Waals surface area contributed by atoms with Gasteiger partial charge in [0.1, 0.15) is 0 Å². The molecule has 9 heavy (non-hydrogen) atoms. The lowest BCUT2D eigenvalue weighted by Gasteiger charge is -2.01. The van der Waals surface area contributed by atoms with Gasteiger partial charge in [-0.15, -0.1) is 0 Å². The van der Waals surface area contributed by atoms with Crippen molar-refractivity contribution in [2.24, 2.45) is 0 Å². The molecule has 0 aromatic heterocycles. The van der Waals surface area contributed by atoms with E-state index in [4.69, 9.17) is 16.1 Å². The maximum absolute atomic E-state index is 10.2. The van der Waals surface area contributed by atoms with Crippen LogP contribution in [-0.4, -0.2) is 11.5 Å². The van der Waals surface area contributed by atoms with Crippen LogP contribution in [0.25, 0.3) is 0 Å². The van der Waals surface area contributed by atoms with Crippen LogP contribution in [-0.2, 0) is 9.09 Å². The fourth-order valence-corrected chi connectivity index (χ4v) is 0.883. The number of halogens is 1. The minimum atomic E-state index is -3.72. The molecule has 3 nitrogen and oxygen atoms in total. The van der Waals surface area contributed by atoms with Gasteiger partial charge in [0.2, 0.25) is 0 Å². The van der Waals surface area contributed by atoms with E-state index in [1.807, 2.05) is 6.92 Å². The van der Waals surface area contributed by atoms with Gasteiger partial charge in [0.25, 0.3) is 0 Å². The van der Waals surface area contributed by atoms with Crippen LogP contribution in [0.5, 0.6) is 0 Å². The zero-order valence-electron chi connectivity index (χ0n) is 5.21. The van der Waals surface area contributed by atoms with E-state index in [1.54, 1.807) is 0 Å². The molecule has 0 amide bonds. The molecule has 0 aliphatic heterocycles. The van der Waals surface area contributed by atoms with Gasteiger partial charge in [0.05, 0.1) is 6.61 Å². The largest absolute Gasteiger partial charge is 0.421 e. The third-order valence-electron chi connectivity index (χ3n) is 0.748. The molecule has 56 valence electrons. The van der Waals surface area contributed by atoms with Gasteiger partial charge in [-0.2, -0.15) is 0 Å². The number of hydrogen-bond donors (Lipinski definition) is 1. The van der Waals surface area contributed by atoms with Gasteiger partial charge in [-0.1, -0.05) is 13.3 Å². The van der Waals surface area contributed by atoms with Crippen LogP contribution in [0.4, 0.5) is 0 Å². The number of hydrogen-bond acceptors (Lipinski definition) is 2. The second kappa shape index (κ2) is 4.29. The summed E-state index contributed by atoms with van der Waals surface area (Å²) in [5, 5.41) is 0. The van der Waals surface area contributed by atoms with E-state index in [0.29, 0.717) is 0 Å². The van der Waals surface area contributed by atoms with Crippen molar-refractivity contribution in [3.05, 3.63) is 0 Å². The molecular formula is C4H10ClO3P. The first-order chi connectivity index (χ1) is 4.06. The Morgan fingerprint density at radius 2 is 2.33 bits per heavy atom. The molecule has 0 saturated heterocycles. The molecule has 0 saturated carbocycles. The Morgan fingerprint density at radius 3 is 2.67 bits per heavy atom. The molecule has 0 aromatic rings. The third-order valence-corrected chi connectivity index (χ3v) is 1.54. The third kappa shape index (κ3) is 8.44. The first-order valence-corrected chi connectivity index (χ1v) is 5.21. The first-order valence-electron chi connectivity index (χ1n) is 2.73. The van der Waals surface area contributed by atoms with Crippen LogP contribution in [0.15, 0.2) is 0 Å². The Morgan fingerprint density at radius 1 is 1.78 bits per heavy atom. The molecule has 5 heteroatoms. The van der Waals surface area contributed by atoms with Crippen molar-refractivity contribution in [3.8, 4) is 0 Å². The summed E-state index contributed by atoms with van der Waals surface area (Å²) in [5.74, 6) is 0. The predicted octanol–water partition coefficient (Wildman–Crippen LogP) is 2.14. The molecule has 0 heterocycles. The normalized spacial score (nSPS) is 17.2. The van der Waals surface area contributed by atoms with Crippen LogP contribution in [0, 0.1) is 0 Å². The molecular weight excluding hydrogens is 162 g/mol. The Bertz CT molecular complexity index is 110. The highest BCUT2D eigenvalue weighted by molar-refractivity contribution is 7.80. The zero-order chi connectivity index (χ0) is 7.33. The topological polar surface area (TPSA) is 46.5 Å². The summed E-state index contributed by atoms with van der Waals surface area (Å²) < 4.78 is 14.5. The van der Waals surface area contributed by atoms with E-state index in [-0.39, 0.29) is 6.61 Å². The van der Waals surface area contributed by atoms with Gasteiger partial charge < -0.3 is 4.89 Å². The van der Waals surface area contributed by atoms with Crippen LogP contribution in [0.1, 0.15) is 19.8 Å². The molecule has 0 fully saturated rings. The zero-order valence-corrected chi connectivity index (χ0v) is 6.86. The highest BCUT2D eigenvalue weighted by Gasteiger charge is 2.11. The van der Waals surface area contributed by atoms with Gasteiger partial charge >= 0.3 is 6.95 Å². The smallest absolute Gasteiger partial charge is 0.313 e. The van der Waals surface area contributed by atoms with Gasteiger partial charge in [0.15, 0.2) is 0 Å². The Balaban J connectivity index is 3.18. The summed E-state index contributed by atoms with van der Waals surface area (Å²) in [4.78, 5) is 8.34. The van der Waals surface area contributed by atoms with Crippen molar-refractivity contribution in [2.45, 2.75) is 19.8 Å². The summed E-state index contributed by atoms with van der Waals surface area (Å²) in [6, 6.07) is 0.